The predicted octanol–water partition coefficient (Wildman–Crippen LogP) is 1.54. The van der Waals surface area contributed by atoms with Crippen LogP contribution in [0.15, 0.2) is 18.3 Å². The van der Waals surface area contributed by atoms with Crippen molar-refractivity contribution in [3.8, 4) is 0 Å². The van der Waals surface area contributed by atoms with Gasteiger partial charge in [-0.3, -0.25) is 0 Å². The van der Waals surface area contributed by atoms with Crippen molar-refractivity contribution in [3.05, 3.63) is 23.5 Å². The summed E-state index contributed by atoms with van der Waals surface area (Å²) in [5.41, 5.74) is 0.981. The van der Waals surface area contributed by atoms with E-state index in [2.05, 4.69) is 9.88 Å². The highest BCUT2D eigenvalue weighted by atomic mass is 35.5. The SMILES string of the molecule is O=C(O)N1CCN(c2ccc(Cl)nc2)CC1. The Labute approximate surface area is 98.2 Å². The Kier molecular flexibility index (Phi) is 3.14. The van der Waals surface area contributed by atoms with Crippen LogP contribution in [0, 0.1) is 0 Å². The van der Waals surface area contributed by atoms with Crippen molar-refractivity contribution in [1.82, 2.24) is 9.88 Å². The lowest BCUT2D eigenvalue weighted by Crippen LogP contribution is -2.48. The van der Waals surface area contributed by atoms with Gasteiger partial charge in [-0.2, -0.15) is 0 Å². The second-order valence-electron chi connectivity index (χ2n) is 3.60. The van der Waals surface area contributed by atoms with Gasteiger partial charge in [-0.05, 0) is 12.1 Å². The Morgan fingerprint density at radius 3 is 2.50 bits per heavy atom. The van der Waals surface area contributed by atoms with Gasteiger partial charge in [0, 0.05) is 26.2 Å². The molecule has 2 heterocycles. The van der Waals surface area contributed by atoms with E-state index in [1.807, 2.05) is 6.07 Å². The third-order valence-electron chi connectivity index (χ3n) is 2.63. The van der Waals surface area contributed by atoms with Gasteiger partial charge in [0.1, 0.15) is 5.15 Å². The summed E-state index contributed by atoms with van der Waals surface area (Å²) in [4.78, 5) is 18.2. The van der Waals surface area contributed by atoms with Crippen LogP contribution in [0.3, 0.4) is 0 Å². The second-order valence-corrected chi connectivity index (χ2v) is 3.98. The first kappa shape index (κ1) is 11.0. The van der Waals surface area contributed by atoms with Crippen LogP contribution >= 0.6 is 11.6 Å². The van der Waals surface area contributed by atoms with Crippen molar-refractivity contribution in [2.75, 3.05) is 31.1 Å². The summed E-state index contributed by atoms with van der Waals surface area (Å²) in [6, 6.07) is 3.63. The maximum absolute atomic E-state index is 10.7. The largest absolute Gasteiger partial charge is 0.465 e. The number of nitrogens with zero attached hydrogens (tertiary/aromatic N) is 3. The zero-order valence-corrected chi connectivity index (χ0v) is 9.39. The van der Waals surface area contributed by atoms with E-state index in [0.717, 1.165) is 5.69 Å². The van der Waals surface area contributed by atoms with Crippen LogP contribution in [0.1, 0.15) is 0 Å². The molecule has 0 saturated carbocycles. The van der Waals surface area contributed by atoms with Crippen LogP contribution in [0.2, 0.25) is 5.15 Å². The second kappa shape index (κ2) is 4.57. The Morgan fingerprint density at radius 2 is 2.00 bits per heavy atom. The van der Waals surface area contributed by atoms with Crippen molar-refractivity contribution in [2.24, 2.45) is 0 Å². The van der Waals surface area contributed by atoms with Gasteiger partial charge in [0.15, 0.2) is 0 Å². The van der Waals surface area contributed by atoms with Crippen molar-refractivity contribution < 1.29 is 9.90 Å². The molecule has 1 N–H and O–H groups in total. The first-order valence-corrected chi connectivity index (χ1v) is 5.39. The third-order valence-corrected chi connectivity index (χ3v) is 2.85. The van der Waals surface area contributed by atoms with E-state index >= 15 is 0 Å². The Hall–Kier alpha value is -1.49. The Bertz CT molecular complexity index is 374. The van der Waals surface area contributed by atoms with Crippen LogP contribution in [0.25, 0.3) is 0 Å². The van der Waals surface area contributed by atoms with E-state index in [0.29, 0.717) is 31.3 Å². The van der Waals surface area contributed by atoms with Crippen molar-refractivity contribution in [3.63, 3.8) is 0 Å². The van der Waals surface area contributed by atoms with Crippen molar-refractivity contribution in [2.45, 2.75) is 0 Å². The number of hydrogen-bond acceptors (Lipinski definition) is 3. The van der Waals surface area contributed by atoms with Gasteiger partial charge in [-0.1, -0.05) is 11.6 Å². The zero-order chi connectivity index (χ0) is 11.5. The highest BCUT2D eigenvalue weighted by molar-refractivity contribution is 6.29. The van der Waals surface area contributed by atoms with Gasteiger partial charge >= 0.3 is 6.09 Å². The first-order valence-electron chi connectivity index (χ1n) is 5.01. The van der Waals surface area contributed by atoms with E-state index in [4.69, 9.17) is 16.7 Å². The fourth-order valence-electron chi connectivity index (χ4n) is 1.71. The van der Waals surface area contributed by atoms with E-state index in [-0.39, 0.29) is 0 Å². The molecule has 1 aliphatic rings. The molecular formula is C10H12ClN3O2. The number of piperazine rings is 1. The molecule has 0 spiro atoms. The highest BCUT2D eigenvalue weighted by Crippen LogP contribution is 2.17. The molecule has 16 heavy (non-hydrogen) atoms. The molecule has 86 valence electrons. The normalized spacial score (nSPS) is 16.3. The zero-order valence-electron chi connectivity index (χ0n) is 8.64. The van der Waals surface area contributed by atoms with Gasteiger partial charge < -0.3 is 14.9 Å². The van der Waals surface area contributed by atoms with Gasteiger partial charge in [-0.25, -0.2) is 9.78 Å². The minimum Gasteiger partial charge on any atom is -0.465 e. The quantitative estimate of drug-likeness (QED) is 0.758. The molecule has 0 aliphatic carbocycles. The van der Waals surface area contributed by atoms with Crippen LogP contribution in [0.5, 0.6) is 0 Å². The topological polar surface area (TPSA) is 56.7 Å². The van der Waals surface area contributed by atoms with E-state index < -0.39 is 6.09 Å². The van der Waals surface area contributed by atoms with Crippen molar-refractivity contribution in [1.29, 1.82) is 0 Å². The lowest BCUT2D eigenvalue weighted by Gasteiger charge is -2.34. The van der Waals surface area contributed by atoms with Crippen LogP contribution in [0.4, 0.5) is 10.5 Å². The fraction of sp³-hybridized carbons (Fsp3) is 0.400. The molecule has 0 aromatic carbocycles. The summed E-state index contributed by atoms with van der Waals surface area (Å²) in [6.07, 6.45) is 0.854. The summed E-state index contributed by atoms with van der Waals surface area (Å²) in [6.45, 7) is 2.43. The van der Waals surface area contributed by atoms with Gasteiger partial charge in [-0.15, -0.1) is 0 Å². The monoisotopic (exact) mass is 241 g/mol. The maximum Gasteiger partial charge on any atom is 0.407 e. The number of aromatic nitrogens is 1. The maximum atomic E-state index is 10.7. The van der Waals surface area contributed by atoms with Crippen LogP contribution in [-0.4, -0.2) is 47.3 Å². The fourth-order valence-corrected chi connectivity index (χ4v) is 1.82. The number of carbonyl (C=O) groups is 1. The lowest BCUT2D eigenvalue weighted by molar-refractivity contribution is 0.142. The number of pyridine rings is 1. The molecular weight excluding hydrogens is 230 g/mol. The summed E-state index contributed by atoms with van der Waals surface area (Å²) >= 11 is 5.70. The van der Waals surface area contributed by atoms with Gasteiger partial charge in [0.05, 0.1) is 11.9 Å². The molecule has 1 fully saturated rings. The molecule has 2 rings (SSSR count). The summed E-state index contributed by atoms with van der Waals surface area (Å²) in [5, 5.41) is 9.27. The average Bonchev–Trinajstić information content (AvgIpc) is 2.30. The Balaban J connectivity index is 1.99. The average molecular weight is 242 g/mol. The molecule has 6 heteroatoms. The molecule has 0 radical (unpaired) electrons. The molecule has 0 atom stereocenters. The number of halogens is 1. The third kappa shape index (κ3) is 2.36. The smallest absolute Gasteiger partial charge is 0.407 e. The molecule has 5 nitrogen and oxygen atoms in total. The van der Waals surface area contributed by atoms with E-state index in [1.54, 1.807) is 12.3 Å². The first-order chi connectivity index (χ1) is 7.66. The Morgan fingerprint density at radius 1 is 1.31 bits per heavy atom. The van der Waals surface area contributed by atoms with Crippen molar-refractivity contribution >= 4 is 23.4 Å². The lowest BCUT2D eigenvalue weighted by atomic mass is 10.3. The summed E-state index contributed by atoms with van der Waals surface area (Å²) in [7, 11) is 0. The van der Waals surface area contributed by atoms with Gasteiger partial charge in [0.2, 0.25) is 0 Å². The molecule has 1 amide bonds. The molecule has 1 aliphatic heterocycles. The summed E-state index contributed by atoms with van der Waals surface area (Å²) in [5.74, 6) is 0. The number of rotatable bonds is 1. The number of anilines is 1. The van der Waals surface area contributed by atoms with Gasteiger partial charge in [0.25, 0.3) is 0 Å². The summed E-state index contributed by atoms with van der Waals surface area (Å²) < 4.78 is 0. The molecule has 1 aromatic rings. The van der Waals surface area contributed by atoms with Crippen LogP contribution < -0.4 is 4.90 Å². The number of hydrogen-bond donors (Lipinski definition) is 1. The minimum absolute atomic E-state index is 0.466. The molecule has 1 saturated heterocycles. The molecule has 1 aromatic heterocycles. The van der Waals surface area contributed by atoms with Crippen LogP contribution in [-0.2, 0) is 0 Å². The minimum atomic E-state index is -0.853. The molecule has 0 unspecified atom stereocenters. The highest BCUT2D eigenvalue weighted by Gasteiger charge is 2.20. The number of carboxylic acid groups (broad SMARTS) is 1. The standard InChI is InChI=1S/C10H12ClN3O2/c11-9-2-1-8(7-12-9)13-3-5-14(6-4-13)10(15)16/h1-2,7H,3-6H2,(H,15,16). The van der Waals surface area contributed by atoms with E-state index in [9.17, 15) is 4.79 Å². The predicted molar refractivity (Wildman–Crippen MR) is 61.1 cm³/mol. The van der Waals surface area contributed by atoms with E-state index in [1.165, 1.54) is 4.90 Å². The number of amides is 1. The molecule has 0 bridgehead atoms.